The molecule has 0 aromatic rings. The Hall–Kier alpha value is -0.370. The van der Waals surface area contributed by atoms with Crippen molar-refractivity contribution in [3.8, 4) is 0 Å². The Labute approximate surface area is 141 Å². The number of hydrogen-bond acceptors (Lipinski definition) is 2. The molecule has 0 radical (unpaired) electrons. The zero-order valence-corrected chi connectivity index (χ0v) is 15.0. The molecule has 2 nitrogen and oxygen atoms in total. The van der Waals surface area contributed by atoms with Crippen LogP contribution in [0.5, 0.6) is 0 Å². The maximum absolute atomic E-state index is 12.2. The van der Waals surface area contributed by atoms with E-state index in [1.807, 2.05) is 6.92 Å². The summed E-state index contributed by atoms with van der Waals surface area (Å²) in [6.07, 6.45) is 13.9. The summed E-state index contributed by atoms with van der Waals surface area (Å²) in [5, 5.41) is 10.3. The van der Waals surface area contributed by atoms with Gasteiger partial charge in [-0.2, -0.15) is 0 Å². The van der Waals surface area contributed by atoms with Crippen LogP contribution in [0.25, 0.3) is 0 Å². The molecule has 23 heavy (non-hydrogen) atoms. The molecular weight excluding hydrogens is 284 g/mol. The number of aliphatic hydroxyl groups is 1. The number of hydrogen-bond donors (Lipinski definition) is 1. The van der Waals surface area contributed by atoms with Crippen LogP contribution in [0.3, 0.4) is 0 Å². The van der Waals surface area contributed by atoms with Crippen molar-refractivity contribution in [2.45, 2.75) is 84.2 Å². The van der Waals surface area contributed by atoms with Crippen molar-refractivity contribution in [3.63, 3.8) is 0 Å². The van der Waals surface area contributed by atoms with E-state index in [1.165, 1.54) is 57.7 Å². The molecule has 0 aliphatic heterocycles. The molecule has 0 amide bonds. The molecule has 130 valence electrons. The summed E-state index contributed by atoms with van der Waals surface area (Å²) in [5.74, 6) is 3.29. The minimum atomic E-state index is -0.330. The van der Waals surface area contributed by atoms with Gasteiger partial charge in [0.05, 0.1) is 6.10 Å². The molecule has 4 rings (SSSR count). The van der Waals surface area contributed by atoms with E-state index in [-0.39, 0.29) is 17.4 Å². The first-order valence-electron chi connectivity index (χ1n) is 10.2. The summed E-state index contributed by atoms with van der Waals surface area (Å²) in [7, 11) is 0. The van der Waals surface area contributed by atoms with Crippen LogP contribution in [0, 0.1) is 40.4 Å². The van der Waals surface area contributed by atoms with E-state index in [1.54, 1.807) is 0 Å². The van der Waals surface area contributed by atoms with Crippen LogP contribution < -0.4 is 0 Å². The molecule has 2 heteroatoms. The van der Waals surface area contributed by atoms with Crippen molar-refractivity contribution >= 4 is 6.29 Å². The molecule has 0 aromatic heterocycles. The highest BCUT2D eigenvalue weighted by Crippen LogP contribution is 2.67. The van der Waals surface area contributed by atoms with E-state index in [0.29, 0.717) is 11.3 Å². The van der Waals surface area contributed by atoms with Crippen LogP contribution in [0.2, 0.25) is 0 Å². The third kappa shape index (κ3) is 2.12. The largest absolute Gasteiger partial charge is 0.393 e. The molecule has 0 aromatic carbocycles. The first-order valence-corrected chi connectivity index (χ1v) is 10.2. The van der Waals surface area contributed by atoms with Crippen LogP contribution in [0.15, 0.2) is 0 Å². The highest BCUT2D eigenvalue weighted by atomic mass is 16.3. The second kappa shape index (κ2) is 5.58. The summed E-state index contributed by atoms with van der Waals surface area (Å²) in [6, 6.07) is 0. The van der Waals surface area contributed by atoms with Gasteiger partial charge in [-0.15, -0.1) is 0 Å². The number of carbonyl (C=O) groups excluding carboxylic acids is 1. The van der Waals surface area contributed by atoms with Gasteiger partial charge in [0.1, 0.15) is 6.29 Å². The standard InChI is InChI=1S/C21H34O2/c1-14(23)17-8-9-19-16-7-6-15-5-3-4-11-20(15,2)18(16)10-12-21(17,19)13-22/h13-19,23H,3-12H2,1-2H3/t14?,15?,16-,17-,18+,19+,20+,21+/m1/s1. The lowest BCUT2D eigenvalue weighted by Crippen LogP contribution is -2.54. The first kappa shape index (κ1) is 16.1. The molecule has 0 saturated heterocycles. The molecule has 2 unspecified atom stereocenters. The zero-order valence-electron chi connectivity index (χ0n) is 15.0. The average Bonchev–Trinajstić information content (AvgIpc) is 2.94. The summed E-state index contributed by atoms with van der Waals surface area (Å²) in [5.41, 5.74) is 0.340. The second-order valence-corrected chi connectivity index (χ2v) is 9.60. The minimum Gasteiger partial charge on any atom is -0.393 e. The number of fused-ring (bicyclic) bond motifs is 5. The zero-order chi connectivity index (χ0) is 16.2. The lowest BCUT2D eigenvalue weighted by molar-refractivity contribution is -0.145. The Bertz CT molecular complexity index is 472. The lowest BCUT2D eigenvalue weighted by Gasteiger charge is -2.60. The van der Waals surface area contributed by atoms with Gasteiger partial charge >= 0.3 is 0 Å². The smallest absolute Gasteiger partial charge is 0.126 e. The van der Waals surface area contributed by atoms with E-state index >= 15 is 0 Å². The number of carbonyl (C=O) groups is 1. The summed E-state index contributed by atoms with van der Waals surface area (Å²) < 4.78 is 0. The van der Waals surface area contributed by atoms with Gasteiger partial charge in [0.2, 0.25) is 0 Å². The van der Waals surface area contributed by atoms with Crippen molar-refractivity contribution in [1.29, 1.82) is 0 Å². The fraction of sp³-hybridized carbons (Fsp3) is 0.952. The van der Waals surface area contributed by atoms with Crippen LogP contribution in [0.1, 0.15) is 78.1 Å². The fourth-order valence-corrected chi connectivity index (χ4v) is 7.99. The van der Waals surface area contributed by atoms with E-state index in [4.69, 9.17) is 0 Å². The minimum absolute atomic E-state index is 0.201. The SMILES string of the molecule is CC(O)[C@H]1CC[C@H]2[C@@H]3CCC4CCCC[C@]4(C)[C@H]3CC[C@]12C=O. The maximum atomic E-state index is 12.2. The summed E-state index contributed by atoms with van der Waals surface area (Å²) in [4.78, 5) is 12.2. The Kier molecular flexibility index (Phi) is 3.91. The van der Waals surface area contributed by atoms with Crippen LogP contribution in [-0.4, -0.2) is 17.5 Å². The van der Waals surface area contributed by atoms with Crippen molar-refractivity contribution in [2.75, 3.05) is 0 Å². The molecule has 4 aliphatic rings. The Morgan fingerprint density at radius 1 is 1.00 bits per heavy atom. The monoisotopic (exact) mass is 318 g/mol. The third-order valence-corrected chi connectivity index (χ3v) is 9.04. The van der Waals surface area contributed by atoms with Gasteiger partial charge in [0.25, 0.3) is 0 Å². The predicted molar refractivity (Wildman–Crippen MR) is 91.9 cm³/mol. The highest BCUT2D eigenvalue weighted by Gasteiger charge is 2.62. The normalized spacial score (nSPS) is 53.8. The van der Waals surface area contributed by atoms with Gasteiger partial charge in [-0.25, -0.2) is 0 Å². The average molecular weight is 319 g/mol. The molecule has 0 heterocycles. The van der Waals surface area contributed by atoms with E-state index in [2.05, 4.69) is 6.92 Å². The van der Waals surface area contributed by atoms with Crippen LogP contribution in [-0.2, 0) is 4.79 Å². The van der Waals surface area contributed by atoms with Crippen LogP contribution >= 0.6 is 0 Å². The molecule has 1 N–H and O–H groups in total. The predicted octanol–water partition coefficient (Wildman–Crippen LogP) is 4.60. The van der Waals surface area contributed by atoms with E-state index < -0.39 is 0 Å². The Morgan fingerprint density at radius 2 is 1.83 bits per heavy atom. The van der Waals surface area contributed by atoms with Gasteiger partial charge in [-0.1, -0.05) is 19.8 Å². The lowest BCUT2D eigenvalue weighted by atomic mass is 9.44. The summed E-state index contributed by atoms with van der Waals surface area (Å²) in [6.45, 7) is 4.49. The molecule has 0 spiro atoms. The highest BCUT2D eigenvalue weighted by molar-refractivity contribution is 5.62. The van der Waals surface area contributed by atoms with Crippen molar-refractivity contribution < 1.29 is 9.90 Å². The fourth-order valence-electron chi connectivity index (χ4n) is 7.99. The van der Waals surface area contributed by atoms with Crippen molar-refractivity contribution in [1.82, 2.24) is 0 Å². The van der Waals surface area contributed by atoms with Gasteiger partial charge in [-0.3, -0.25) is 0 Å². The second-order valence-electron chi connectivity index (χ2n) is 9.60. The molecule has 4 aliphatic carbocycles. The van der Waals surface area contributed by atoms with Gasteiger partial charge in [0, 0.05) is 5.41 Å². The van der Waals surface area contributed by atoms with Gasteiger partial charge < -0.3 is 9.90 Å². The van der Waals surface area contributed by atoms with Gasteiger partial charge in [0.15, 0.2) is 0 Å². The number of aldehydes is 1. The van der Waals surface area contributed by atoms with E-state index in [9.17, 15) is 9.90 Å². The molecule has 4 saturated carbocycles. The topological polar surface area (TPSA) is 37.3 Å². The Balaban J connectivity index is 1.65. The Morgan fingerprint density at radius 3 is 2.57 bits per heavy atom. The first-order chi connectivity index (χ1) is 11.0. The third-order valence-electron chi connectivity index (χ3n) is 9.04. The molecule has 8 atom stereocenters. The molecule has 4 fully saturated rings. The number of aliphatic hydroxyl groups excluding tert-OH is 1. The summed E-state index contributed by atoms with van der Waals surface area (Å²) >= 11 is 0. The van der Waals surface area contributed by atoms with Crippen molar-refractivity contribution in [3.05, 3.63) is 0 Å². The molecule has 0 bridgehead atoms. The van der Waals surface area contributed by atoms with Crippen LogP contribution in [0.4, 0.5) is 0 Å². The maximum Gasteiger partial charge on any atom is 0.126 e. The quantitative estimate of drug-likeness (QED) is 0.756. The van der Waals surface area contributed by atoms with Gasteiger partial charge in [-0.05, 0) is 93.3 Å². The van der Waals surface area contributed by atoms with E-state index in [0.717, 1.165) is 30.6 Å². The molecular formula is C21H34O2. The van der Waals surface area contributed by atoms with Crippen molar-refractivity contribution in [2.24, 2.45) is 40.4 Å². The number of rotatable bonds is 2.